The number of hydrogen-bond donors (Lipinski definition) is 1. The summed E-state index contributed by atoms with van der Waals surface area (Å²) in [5.74, 6) is -0.0114. The molecule has 0 saturated carbocycles. The number of aromatic carboxylic acids is 1. The van der Waals surface area contributed by atoms with Crippen LogP contribution in [0.5, 0.6) is 5.75 Å². The third kappa shape index (κ3) is 2.14. The van der Waals surface area contributed by atoms with Gasteiger partial charge in [-0.05, 0) is 43.2 Å². The minimum atomic E-state index is -0.873. The molecule has 2 heterocycles. The molecular weight excluding hydrogens is 274 g/mol. The van der Waals surface area contributed by atoms with Gasteiger partial charge in [-0.15, -0.1) is 11.3 Å². The number of fused-ring (bicyclic) bond motifs is 1. The molecule has 1 aromatic carbocycles. The first kappa shape index (κ1) is 13.0. The van der Waals surface area contributed by atoms with E-state index < -0.39 is 5.97 Å². The number of hydrogen-bond acceptors (Lipinski definition) is 4. The second-order valence-corrected chi connectivity index (χ2v) is 5.91. The first-order valence-electron chi connectivity index (χ1n) is 6.41. The summed E-state index contributed by atoms with van der Waals surface area (Å²) in [7, 11) is 0. The van der Waals surface area contributed by atoms with Crippen molar-refractivity contribution in [1.29, 1.82) is 0 Å². The van der Waals surface area contributed by atoms with Crippen LogP contribution in [0.3, 0.4) is 0 Å². The summed E-state index contributed by atoms with van der Waals surface area (Å²) >= 11 is 1.31. The number of thiophene rings is 1. The molecule has 4 nitrogen and oxygen atoms in total. The molecule has 0 radical (unpaired) electrons. The molecule has 1 aromatic heterocycles. The van der Waals surface area contributed by atoms with Gasteiger partial charge in [-0.1, -0.05) is 6.07 Å². The van der Waals surface area contributed by atoms with Gasteiger partial charge in [0.1, 0.15) is 17.2 Å². The van der Waals surface area contributed by atoms with E-state index in [1.54, 1.807) is 6.07 Å². The summed E-state index contributed by atoms with van der Waals surface area (Å²) in [6.07, 6.45) is 0. The van der Waals surface area contributed by atoms with Gasteiger partial charge < -0.3 is 14.7 Å². The van der Waals surface area contributed by atoms with Crippen LogP contribution in [0, 0.1) is 13.8 Å². The van der Waals surface area contributed by atoms with Crippen LogP contribution in [-0.4, -0.2) is 24.2 Å². The topological polar surface area (TPSA) is 49.8 Å². The minimum absolute atomic E-state index is 0.373. The van der Waals surface area contributed by atoms with Gasteiger partial charge in [-0.3, -0.25) is 0 Å². The Balaban J connectivity index is 2.06. The highest BCUT2D eigenvalue weighted by atomic mass is 32.1. The second kappa shape index (κ2) is 4.83. The molecule has 0 unspecified atom stereocenters. The van der Waals surface area contributed by atoms with Crippen LogP contribution in [0.2, 0.25) is 0 Å². The number of rotatable bonds is 2. The van der Waals surface area contributed by atoms with Gasteiger partial charge in [0.2, 0.25) is 0 Å². The van der Waals surface area contributed by atoms with Crippen LogP contribution >= 0.6 is 11.3 Å². The van der Waals surface area contributed by atoms with E-state index in [0.29, 0.717) is 11.5 Å². The quantitative estimate of drug-likeness (QED) is 0.918. The summed E-state index contributed by atoms with van der Waals surface area (Å²) in [5, 5.41) is 10.1. The Bertz CT molecular complexity index is 678. The van der Waals surface area contributed by atoms with Gasteiger partial charge in [0.15, 0.2) is 0 Å². The number of benzene rings is 1. The van der Waals surface area contributed by atoms with E-state index >= 15 is 0 Å². The van der Waals surface area contributed by atoms with Crippen molar-refractivity contribution >= 4 is 28.0 Å². The van der Waals surface area contributed by atoms with Gasteiger partial charge in [0, 0.05) is 0 Å². The zero-order valence-electron chi connectivity index (χ0n) is 11.3. The molecule has 20 heavy (non-hydrogen) atoms. The minimum Gasteiger partial charge on any atom is -0.490 e. The Hall–Kier alpha value is -2.01. The second-order valence-electron chi connectivity index (χ2n) is 4.88. The van der Waals surface area contributed by atoms with Gasteiger partial charge in [-0.2, -0.15) is 0 Å². The fourth-order valence-electron chi connectivity index (χ4n) is 2.38. The van der Waals surface area contributed by atoms with E-state index in [0.717, 1.165) is 34.1 Å². The van der Waals surface area contributed by atoms with Gasteiger partial charge in [0.25, 0.3) is 0 Å². The van der Waals surface area contributed by atoms with E-state index in [9.17, 15) is 4.79 Å². The number of carboxylic acid groups (broad SMARTS) is 1. The summed E-state index contributed by atoms with van der Waals surface area (Å²) < 4.78 is 5.70. The summed E-state index contributed by atoms with van der Waals surface area (Å²) in [4.78, 5) is 13.6. The average molecular weight is 289 g/mol. The zero-order valence-corrected chi connectivity index (χ0v) is 12.2. The standard InChI is InChI=1S/C15H15NO3S/c1-9-3-4-11-12(7-9)19-6-5-16(11)14-10(2)8-13(20-14)15(17)18/h3-4,7-8H,5-6H2,1-2H3,(H,17,18). The molecule has 1 aliphatic rings. The van der Waals surface area contributed by atoms with Crippen LogP contribution in [0.1, 0.15) is 20.8 Å². The fourth-order valence-corrected chi connectivity index (χ4v) is 3.44. The number of anilines is 2. The summed E-state index contributed by atoms with van der Waals surface area (Å²) in [6.45, 7) is 5.32. The molecule has 104 valence electrons. The molecule has 1 N–H and O–H groups in total. The number of ether oxygens (including phenoxy) is 1. The molecule has 0 atom stereocenters. The van der Waals surface area contributed by atoms with Gasteiger partial charge in [0.05, 0.1) is 17.2 Å². The molecule has 0 saturated heterocycles. The third-order valence-corrected chi connectivity index (χ3v) is 4.57. The number of aryl methyl sites for hydroxylation is 2. The van der Waals surface area contributed by atoms with E-state index in [-0.39, 0.29) is 0 Å². The molecule has 5 heteroatoms. The van der Waals surface area contributed by atoms with E-state index in [1.165, 1.54) is 11.3 Å². The van der Waals surface area contributed by atoms with Crippen LogP contribution in [0.25, 0.3) is 0 Å². The van der Waals surface area contributed by atoms with Crippen molar-refractivity contribution < 1.29 is 14.6 Å². The van der Waals surface area contributed by atoms with Crippen molar-refractivity contribution in [3.63, 3.8) is 0 Å². The molecule has 0 aliphatic carbocycles. The van der Waals surface area contributed by atoms with Gasteiger partial charge >= 0.3 is 5.97 Å². The first-order valence-corrected chi connectivity index (χ1v) is 7.22. The maximum Gasteiger partial charge on any atom is 0.345 e. The highest BCUT2D eigenvalue weighted by molar-refractivity contribution is 7.18. The predicted molar refractivity (Wildman–Crippen MR) is 79.7 cm³/mol. The molecular formula is C15H15NO3S. The third-order valence-electron chi connectivity index (χ3n) is 3.33. The smallest absolute Gasteiger partial charge is 0.345 e. The Labute approximate surface area is 121 Å². The lowest BCUT2D eigenvalue weighted by Crippen LogP contribution is -2.28. The summed E-state index contributed by atoms with van der Waals surface area (Å²) in [5.41, 5.74) is 3.14. The highest BCUT2D eigenvalue weighted by Gasteiger charge is 2.23. The highest BCUT2D eigenvalue weighted by Crippen LogP contribution is 2.41. The molecule has 0 amide bonds. The lowest BCUT2D eigenvalue weighted by Gasteiger charge is -2.31. The Morgan fingerprint density at radius 3 is 2.85 bits per heavy atom. The normalized spacial score (nSPS) is 13.8. The largest absolute Gasteiger partial charge is 0.490 e. The molecule has 2 aromatic rings. The first-order chi connectivity index (χ1) is 9.56. The van der Waals surface area contributed by atoms with E-state index in [1.807, 2.05) is 32.0 Å². The van der Waals surface area contributed by atoms with Crippen molar-refractivity contribution in [3.8, 4) is 5.75 Å². The van der Waals surface area contributed by atoms with Crippen LogP contribution in [0.4, 0.5) is 10.7 Å². The Kier molecular flexibility index (Phi) is 3.14. The zero-order chi connectivity index (χ0) is 14.3. The lowest BCUT2D eigenvalue weighted by molar-refractivity contribution is 0.0702. The van der Waals surface area contributed by atoms with E-state index in [4.69, 9.17) is 9.84 Å². The van der Waals surface area contributed by atoms with Crippen LogP contribution in [0.15, 0.2) is 24.3 Å². The fraction of sp³-hybridized carbons (Fsp3) is 0.267. The van der Waals surface area contributed by atoms with Crippen molar-refractivity contribution in [2.75, 3.05) is 18.1 Å². The number of carboxylic acids is 1. The van der Waals surface area contributed by atoms with Crippen LogP contribution < -0.4 is 9.64 Å². The predicted octanol–water partition coefficient (Wildman–Crippen LogP) is 3.59. The Morgan fingerprint density at radius 1 is 1.35 bits per heavy atom. The lowest BCUT2D eigenvalue weighted by atomic mass is 10.1. The van der Waals surface area contributed by atoms with Crippen LogP contribution in [-0.2, 0) is 0 Å². The molecule has 1 aliphatic heterocycles. The maximum absolute atomic E-state index is 11.1. The SMILES string of the molecule is Cc1ccc2c(c1)OCCN2c1sc(C(=O)O)cc1C. The molecule has 3 rings (SSSR count). The van der Waals surface area contributed by atoms with E-state index in [2.05, 4.69) is 4.90 Å². The van der Waals surface area contributed by atoms with Crippen molar-refractivity contribution in [1.82, 2.24) is 0 Å². The van der Waals surface area contributed by atoms with Crippen molar-refractivity contribution in [3.05, 3.63) is 40.3 Å². The van der Waals surface area contributed by atoms with Crippen molar-refractivity contribution in [2.24, 2.45) is 0 Å². The summed E-state index contributed by atoms with van der Waals surface area (Å²) in [6, 6.07) is 7.82. The average Bonchev–Trinajstić information content (AvgIpc) is 2.80. The number of nitrogens with zero attached hydrogens (tertiary/aromatic N) is 1. The molecule has 0 fully saturated rings. The van der Waals surface area contributed by atoms with Crippen molar-refractivity contribution in [2.45, 2.75) is 13.8 Å². The molecule has 0 bridgehead atoms. The molecule has 0 spiro atoms. The Morgan fingerprint density at radius 2 is 2.15 bits per heavy atom. The monoisotopic (exact) mass is 289 g/mol. The van der Waals surface area contributed by atoms with Gasteiger partial charge in [-0.25, -0.2) is 4.79 Å². The maximum atomic E-state index is 11.1. The number of carbonyl (C=O) groups is 1.